The molecule has 0 amide bonds. The number of hydrogen-bond donors (Lipinski definition) is 5. The Kier molecular flexibility index (Phi) is 6.29. The minimum Gasteiger partial charge on any atom is -0.388 e. The third-order valence-electron chi connectivity index (χ3n) is 6.16. The first-order chi connectivity index (χ1) is 18.3. The molecule has 38 heavy (non-hydrogen) atoms. The summed E-state index contributed by atoms with van der Waals surface area (Å²) in [5.41, 5.74) is 13.1. The summed E-state index contributed by atoms with van der Waals surface area (Å²) >= 11 is 0. The van der Waals surface area contributed by atoms with Crippen molar-refractivity contribution in [1.29, 1.82) is 0 Å². The van der Waals surface area contributed by atoms with Crippen molar-refractivity contribution in [3.05, 3.63) is 25.3 Å². The van der Waals surface area contributed by atoms with Crippen molar-refractivity contribution in [3.8, 4) is 0 Å². The zero-order chi connectivity index (χ0) is 26.6. The number of rotatable bonds is 7. The van der Waals surface area contributed by atoms with Gasteiger partial charge in [-0.25, -0.2) is 29.9 Å². The number of aliphatic hydroxyl groups excluding tert-OH is 2. The van der Waals surface area contributed by atoms with Crippen LogP contribution in [0.4, 0.5) is 11.6 Å². The van der Waals surface area contributed by atoms with Gasteiger partial charge in [0.25, 0.3) is 0 Å². The molecule has 0 spiro atoms. The number of ether oxygens (including phenoxy) is 2. The molecule has 19 heteroatoms. The van der Waals surface area contributed by atoms with Gasteiger partial charge in [-0.1, -0.05) is 0 Å². The highest BCUT2D eigenvalue weighted by Crippen LogP contribution is 2.61. The fraction of sp³-hybridized carbons (Fsp3) is 0.474. The lowest BCUT2D eigenvalue weighted by atomic mass is 10.2. The normalized spacial score (nSPS) is 29.4. The Labute approximate surface area is 213 Å². The van der Waals surface area contributed by atoms with Crippen molar-refractivity contribution >= 4 is 42.1 Å². The lowest BCUT2D eigenvalue weighted by Crippen LogP contribution is -2.21. The van der Waals surface area contributed by atoms with Crippen LogP contribution < -0.4 is 11.5 Å². The maximum atomic E-state index is 11.0. The van der Waals surface area contributed by atoms with Crippen LogP contribution in [0.15, 0.2) is 25.3 Å². The third kappa shape index (κ3) is 4.31. The molecular weight excluding hydrogens is 527 g/mol. The van der Waals surface area contributed by atoms with Crippen molar-refractivity contribution < 1.29 is 38.2 Å². The van der Waals surface area contributed by atoms with Gasteiger partial charge in [-0.3, -0.25) is 9.13 Å². The molecule has 6 rings (SSSR count). The van der Waals surface area contributed by atoms with E-state index in [0.717, 1.165) is 0 Å². The van der Waals surface area contributed by atoms with E-state index in [1.807, 2.05) is 0 Å². The molecule has 0 aromatic carbocycles. The molecule has 0 bridgehead atoms. The van der Waals surface area contributed by atoms with E-state index in [4.69, 9.17) is 34.5 Å². The molecule has 4 aromatic heterocycles. The molecule has 6 unspecified atom stereocenters. The van der Waals surface area contributed by atoms with E-state index in [1.54, 1.807) is 0 Å². The van der Waals surface area contributed by atoms with E-state index >= 15 is 0 Å². The van der Waals surface area contributed by atoms with Gasteiger partial charge in [0.2, 0.25) is 12.6 Å². The Balaban J connectivity index is 1.14. The first-order valence-electron chi connectivity index (χ1n) is 11.3. The smallest absolute Gasteiger partial charge is 0.388 e. The number of nitrogens with two attached hydrogens (primary N) is 2. The van der Waals surface area contributed by atoms with Gasteiger partial charge in [0.05, 0.1) is 19.8 Å². The molecule has 2 fully saturated rings. The Bertz CT molecular complexity index is 1370. The number of nitrogen functional groups attached to an aromatic ring is 2. The highest BCUT2D eigenvalue weighted by Gasteiger charge is 2.55. The minimum atomic E-state index is -4.03. The molecule has 18 nitrogen and oxygen atoms in total. The van der Waals surface area contributed by atoms with Crippen molar-refractivity contribution in [2.75, 3.05) is 18.6 Å². The number of imidazole rings is 2. The molecule has 2 aliphatic rings. The van der Waals surface area contributed by atoms with Crippen LogP contribution in [-0.4, -0.2) is 86.0 Å². The van der Waals surface area contributed by atoms with Gasteiger partial charge < -0.3 is 31.2 Å². The van der Waals surface area contributed by atoms with E-state index in [-0.39, 0.29) is 24.5 Å². The molecule has 2 aliphatic heterocycles. The monoisotopic (exact) mass is 551 g/mol. The second-order valence-corrected chi connectivity index (χ2v) is 10.3. The van der Waals surface area contributed by atoms with Gasteiger partial charge in [0.15, 0.2) is 35.4 Å². The molecule has 2 saturated heterocycles. The zero-order valence-corrected chi connectivity index (χ0v) is 20.6. The van der Waals surface area contributed by atoms with E-state index < -0.39 is 45.4 Å². The number of fused-ring (bicyclic) bond motifs is 2. The number of hydrogen-bond acceptors (Lipinski definition) is 16. The molecule has 6 heterocycles. The molecule has 0 radical (unpaired) electrons. The lowest BCUT2D eigenvalue weighted by Gasteiger charge is -2.20. The largest absolute Gasteiger partial charge is 0.577 e. The maximum absolute atomic E-state index is 11.0. The van der Waals surface area contributed by atoms with Gasteiger partial charge in [0.1, 0.15) is 35.9 Å². The van der Waals surface area contributed by atoms with Gasteiger partial charge >= 0.3 is 8.17 Å². The van der Waals surface area contributed by atoms with Crippen molar-refractivity contribution in [2.24, 2.45) is 0 Å². The Hall–Kier alpha value is -3.19. The Morgan fingerprint density at radius 3 is 1.68 bits per heavy atom. The van der Waals surface area contributed by atoms with Gasteiger partial charge in [-0.2, -0.15) is 9.42 Å². The number of anilines is 2. The average molecular weight is 551 g/mol. The third-order valence-corrected chi connectivity index (χ3v) is 7.63. The van der Waals surface area contributed by atoms with Crippen LogP contribution in [0, 0.1) is 0 Å². The second-order valence-electron chi connectivity index (χ2n) is 8.55. The zero-order valence-electron chi connectivity index (χ0n) is 19.8. The van der Waals surface area contributed by atoms with E-state index in [2.05, 4.69) is 29.9 Å². The van der Waals surface area contributed by atoms with E-state index in [0.29, 0.717) is 22.3 Å². The fourth-order valence-electron chi connectivity index (χ4n) is 4.39. The first-order valence-corrected chi connectivity index (χ1v) is 12.8. The topological polar surface area (TPSA) is 246 Å². The molecule has 4 aromatic rings. The molecular formula is C19H24N10O8P+. The maximum Gasteiger partial charge on any atom is 0.577 e. The lowest BCUT2D eigenvalue weighted by molar-refractivity contribution is -0.152. The molecule has 6 atom stereocenters. The minimum absolute atomic E-state index is 0.0289. The van der Waals surface area contributed by atoms with Crippen LogP contribution in [0.5, 0.6) is 0 Å². The quantitative estimate of drug-likeness (QED) is 0.180. The molecule has 0 saturated carbocycles. The summed E-state index contributed by atoms with van der Waals surface area (Å²) < 4.78 is 31.0. The number of nitrogens with zero attached hydrogens (tertiary/aromatic N) is 8. The second kappa shape index (κ2) is 9.53. The fourth-order valence-corrected chi connectivity index (χ4v) is 5.48. The van der Waals surface area contributed by atoms with E-state index in [1.165, 1.54) is 41.6 Å². The van der Waals surface area contributed by atoms with Crippen LogP contribution in [-0.2, 0) is 23.0 Å². The molecule has 0 aliphatic carbocycles. The summed E-state index contributed by atoms with van der Waals surface area (Å²) in [5.74, 6) is 0.359. The van der Waals surface area contributed by atoms with Crippen molar-refractivity contribution in [2.45, 2.75) is 50.1 Å². The standard InChI is InChI=1S/C19H24N10O8P/c1-33-38(32,36-10-2-8(30)18(34-10)28-6-26-12-14(20)22-4-24-16(12)28)37-11-3-9(31)19(35-11)29-7-27-13-15(21)23-5-25-17(13)29/h4-11,18-19,30-32H,2-3H2,1H3,(H2,20,22,24)(H2,21,23,25)/q+1. The van der Waals surface area contributed by atoms with Gasteiger partial charge in [0, 0.05) is 12.8 Å². The van der Waals surface area contributed by atoms with Gasteiger partial charge in [-0.15, -0.1) is 9.05 Å². The summed E-state index contributed by atoms with van der Waals surface area (Å²) in [5, 5.41) is 21.3. The van der Waals surface area contributed by atoms with Crippen LogP contribution in [0.25, 0.3) is 22.3 Å². The van der Waals surface area contributed by atoms with Gasteiger partial charge in [-0.05, 0) is 0 Å². The Morgan fingerprint density at radius 2 is 1.26 bits per heavy atom. The summed E-state index contributed by atoms with van der Waals surface area (Å²) in [7, 11) is -2.85. The van der Waals surface area contributed by atoms with Crippen molar-refractivity contribution in [1.82, 2.24) is 39.0 Å². The summed E-state index contributed by atoms with van der Waals surface area (Å²) in [6.45, 7) is 0. The van der Waals surface area contributed by atoms with Crippen LogP contribution in [0.2, 0.25) is 0 Å². The van der Waals surface area contributed by atoms with Crippen LogP contribution >= 0.6 is 8.17 Å². The highest BCUT2D eigenvalue weighted by atomic mass is 31.2. The number of aliphatic hydroxyl groups is 2. The van der Waals surface area contributed by atoms with Crippen molar-refractivity contribution in [3.63, 3.8) is 0 Å². The summed E-state index contributed by atoms with van der Waals surface area (Å²) in [6, 6.07) is 0. The summed E-state index contributed by atoms with van der Waals surface area (Å²) in [6.07, 6.45) is -0.916. The van der Waals surface area contributed by atoms with E-state index in [9.17, 15) is 15.1 Å². The number of aromatic nitrogens is 8. The highest BCUT2D eigenvalue weighted by molar-refractivity contribution is 7.55. The van der Waals surface area contributed by atoms with Crippen LogP contribution in [0.1, 0.15) is 25.3 Å². The predicted molar refractivity (Wildman–Crippen MR) is 127 cm³/mol. The predicted octanol–water partition coefficient (Wildman–Crippen LogP) is -0.608. The summed E-state index contributed by atoms with van der Waals surface area (Å²) in [4.78, 5) is 35.4. The van der Waals surface area contributed by atoms with Crippen LogP contribution in [0.3, 0.4) is 0 Å². The first kappa shape index (κ1) is 25.1. The average Bonchev–Trinajstić information content (AvgIpc) is 3.65. The SMILES string of the molecule is CO[P+](O)(OC1CC(O)C(n2cnc3c(N)ncnc32)O1)OC1CC(O)C(n2cnc3c(N)ncnc32)O1. The molecule has 202 valence electrons. The Morgan fingerprint density at radius 1 is 0.816 bits per heavy atom. The molecule has 7 N–H and O–H groups in total.